The molecular formula is C19H29N3O3. The van der Waals surface area contributed by atoms with E-state index in [2.05, 4.69) is 27.2 Å². The molecule has 138 valence electrons. The molecule has 1 aliphatic rings. The van der Waals surface area contributed by atoms with Crippen molar-refractivity contribution in [1.29, 1.82) is 0 Å². The minimum Gasteiger partial charge on any atom is -0.480 e. The van der Waals surface area contributed by atoms with Crippen molar-refractivity contribution in [2.45, 2.75) is 32.7 Å². The third-order valence-corrected chi connectivity index (χ3v) is 4.94. The van der Waals surface area contributed by atoms with E-state index < -0.39 is 12.0 Å². The Balaban J connectivity index is 1.73. The van der Waals surface area contributed by atoms with E-state index in [1.807, 2.05) is 32.0 Å². The van der Waals surface area contributed by atoms with Crippen LogP contribution in [0.1, 0.15) is 26.7 Å². The average Bonchev–Trinajstić information content (AvgIpc) is 2.64. The molecule has 25 heavy (non-hydrogen) atoms. The second kappa shape index (κ2) is 9.42. The number of anilines is 1. The second-order valence-electron chi connectivity index (χ2n) is 6.68. The van der Waals surface area contributed by atoms with E-state index in [0.717, 1.165) is 32.6 Å². The highest BCUT2D eigenvalue weighted by Gasteiger charge is 2.25. The summed E-state index contributed by atoms with van der Waals surface area (Å²) in [5, 5.41) is 11.9. The van der Waals surface area contributed by atoms with Crippen LogP contribution in [0.2, 0.25) is 0 Å². The van der Waals surface area contributed by atoms with Crippen LogP contribution in [0.15, 0.2) is 30.3 Å². The number of nitrogens with zero attached hydrogens (tertiary/aromatic N) is 2. The highest BCUT2D eigenvalue weighted by molar-refractivity contribution is 5.83. The number of nitrogens with one attached hydrogen (secondary N) is 1. The number of hydrogen-bond donors (Lipinski definition) is 2. The number of para-hydroxylation sites is 1. The first kappa shape index (κ1) is 19.2. The number of carboxylic acid groups (broad SMARTS) is 1. The first-order chi connectivity index (χ1) is 12.0. The van der Waals surface area contributed by atoms with Crippen LogP contribution in [0.5, 0.6) is 0 Å². The van der Waals surface area contributed by atoms with Crippen LogP contribution in [0.3, 0.4) is 0 Å². The van der Waals surface area contributed by atoms with Gasteiger partial charge in [-0.3, -0.25) is 9.69 Å². The lowest BCUT2D eigenvalue weighted by molar-refractivity contribution is -0.143. The summed E-state index contributed by atoms with van der Waals surface area (Å²) < 4.78 is 0. The number of rotatable bonds is 8. The van der Waals surface area contributed by atoms with Gasteiger partial charge >= 0.3 is 5.97 Å². The predicted octanol–water partition coefficient (Wildman–Crippen LogP) is 1.81. The molecule has 2 atom stereocenters. The zero-order valence-corrected chi connectivity index (χ0v) is 15.1. The number of benzene rings is 1. The number of aliphatic carboxylic acids is 1. The molecule has 2 N–H and O–H groups in total. The average molecular weight is 347 g/mol. The van der Waals surface area contributed by atoms with Crippen molar-refractivity contribution >= 4 is 17.6 Å². The van der Waals surface area contributed by atoms with Gasteiger partial charge in [0.05, 0.1) is 0 Å². The van der Waals surface area contributed by atoms with Crippen molar-refractivity contribution in [2.24, 2.45) is 5.92 Å². The SMILES string of the molecule is CC[C@H](C)[C@H](NC(=O)CCN1CCN(c2ccccc2)CC1)C(=O)O. The van der Waals surface area contributed by atoms with Crippen molar-refractivity contribution in [1.82, 2.24) is 10.2 Å². The van der Waals surface area contributed by atoms with Crippen LogP contribution in [0.25, 0.3) is 0 Å². The van der Waals surface area contributed by atoms with E-state index in [1.54, 1.807) is 0 Å². The van der Waals surface area contributed by atoms with Crippen LogP contribution in [-0.2, 0) is 9.59 Å². The Kier molecular flexibility index (Phi) is 7.25. The molecule has 0 bridgehead atoms. The molecule has 6 heteroatoms. The van der Waals surface area contributed by atoms with Gasteiger partial charge in [0.2, 0.25) is 5.91 Å². The van der Waals surface area contributed by atoms with Crippen LogP contribution in [0, 0.1) is 5.92 Å². The van der Waals surface area contributed by atoms with E-state index in [0.29, 0.717) is 13.0 Å². The summed E-state index contributed by atoms with van der Waals surface area (Å²) in [4.78, 5) is 28.0. The second-order valence-corrected chi connectivity index (χ2v) is 6.68. The first-order valence-electron chi connectivity index (χ1n) is 9.05. The molecule has 1 amide bonds. The molecule has 0 radical (unpaired) electrons. The fraction of sp³-hybridized carbons (Fsp3) is 0.579. The molecular weight excluding hydrogens is 318 g/mol. The predicted molar refractivity (Wildman–Crippen MR) is 98.7 cm³/mol. The van der Waals surface area contributed by atoms with Crippen molar-refractivity contribution in [3.8, 4) is 0 Å². The van der Waals surface area contributed by atoms with Gasteiger partial charge in [-0.25, -0.2) is 4.79 Å². The van der Waals surface area contributed by atoms with Crippen LogP contribution >= 0.6 is 0 Å². The first-order valence-corrected chi connectivity index (χ1v) is 9.05. The highest BCUT2D eigenvalue weighted by Crippen LogP contribution is 2.15. The van der Waals surface area contributed by atoms with Crippen molar-refractivity contribution < 1.29 is 14.7 Å². The zero-order chi connectivity index (χ0) is 18.2. The van der Waals surface area contributed by atoms with Gasteiger partial charge < -0.3 is 15.3 Å². The molecule has 1 aromatic rings. The van der Waals surface area contributed by atoms with Crippen molar-refractivity contribution in [2.75, 3.05) is 37.6 Å². The Bertz CT molecular complexity index is 556. The van der Waals surface area contributed by atoms with Gasteiger partial charge in [-0.2, -0.15) is 0 Å². The number of carboxylic acids is 1. The number of amides is 1. The van der Waals surface area contributed by atoms with E-state index in [9.17, 15) is 14.7 Å². The summed E-state index contributed by atoms with van der Waals surface area (Å²) in [5.74, 6) is -1.21. The molecule has 1 saturated heterocycles. The van der Waals surface area contributed by atoms with Gasteiger partial charge in [0.1, 0.15) is 6.04 Å². The summed E-state index contributed by atoms with van der Waals surface area (Å²) in [7, 11) is 0. The summed E-state index contributed by atoms with van der Waals surface area (Å²) in [6.45, 7) is 8.15. The minimum atomic E-state index is -0.959. The molecule has 0 aromatic heterocycles. The van der Waals surface area contributed by atoms with Gasteiger partial charge in [0.25, 0.3) is 0 Å². The third kappa shape index (κ3) is 5.74. The molecule has 1 heterocycles. The van der Waals surface area contributed by atoms with Gasteiger partial charge in [-0.1, -0.05) is 38.5 Å². The van der Waals surface area contributed by atoms with Crippen LogP contribution in [0.4, 0.5) is 5.69 Å². The Morgan fingerprint density at radius 1 is 1.16 bits per heavy atom. The molecule has 2 rings (SSSR count). The molecule has 1 fully saturated rings. The minimum absolute atomic E-state index is 0.0733. The Morgan fingerprint density at radius 3 is 2.36 bits per heavy atom. The van der Waals surface area contributed by atoms with E-state index in [-0.39, 0.29) is 11.8 Å². The maximum atomic E-state index is 12.1. The monoisotopic (exact) mass is 347 g/mol. The molecule has 1 aromatic carbocycles. The Hall–Kier alpha value is -2.08. The summed E-state index contributed by atoms with van der Waals surface area (Å²) >= 11 is 0. The largest absolute Gasteiger partial charge is 0.480 e. The fourth-order valence-electron chi connectivity index (χ4n) is 3.06. The molecule has 0 aliphatic carbocycles. The normalized spacial score (nSPS) is 17.8. The lowest BCUT2D eigenvalue weighted by Gasteiger charge is -2.36. The van der Waals surface area contributed by atoms with Gasteiger partial charge in [0.15, 0.2) is 0 Å². The maximum Gasteiger partial charge on any atom is 0.326 e. The van der Waals surface area contributed by atoms with Crippen molar-refractivity contribution in [3.63, 3.8) is 0 Å². The van der Waals surface area contributed by atoms with Gasteiger partial charge in [-0.15, -0.1) is 0 Å². The zero-order valence-electron chi connectivity index (χ0n) is 15.1. The Morgan fingerprint density at radius 2 is 1.80 bits per heavy atom. The molecule has 1 aliphatic heterocycles. The smallest absolute Gasteiger partial charge is 0.326 e. The molecule has 0 unspecified atom stereocenters. The van der Waals surface area contributed by atoms with E-state index >= 15 is 0 Å². The highest BCUT2D eigenvalue weighted by atomic mass is 16.4. The maximum absolute atomic E-state index is 12.1. The van der Waals surface area contributed by atoms with Crippen LogP contribution in [-0.4, -0.2) is 60.6 Å². The van der Waals surface area contributed by atoms with Gasteiger partial charge in [0, 0.05) is 44.8 Å². The summed E-state index contributed by atoms with van der Waals surface area (Å²) in [6, 6.07) is 9.54. The van der Waals surface area contributed by atoms with E-state index in [1.165, 1.54) is 5.69 Å². The van der Waals surface area contributed by atoms with Crippen molar-refractivity contribution in [3.05, 3.63) is 30.3 Å². The standard InChI is InChI=1S/C19H29N3O3/c1-3-15(2)18(19(24)25)20-17(23)9-10-21-11-13-22(14-12-21)16-7-5-4-6-8-16/h4-8,15,18H,3,9-14H2,1-2H3,(H,20,23)(H,24,25)/t15-,18-/m0/s1. The number of carbonyl (C=O) groups is 2. The number of carbonyl (C=O) groups excluding carboxylic acids is 1. The topological polar surface area (TPSA) is 72.9 Å². The lowest BCUT2D eigenvalue weighted by Crippen LogP contribution is -2.48. The quantitative estimate of drug-likeness (QED) is 0.750. The summed E-state index contributed by atoms with van der Waals surface area (Å²) in [5.41, 5.74) is 1.23. The number of piperazine rings is 1. The Labute approximate surface area is 149 Å². The molecule has 0 saturated carbocycles. The number of hydrogen-bond acceptors (Lipinski definition) is 4. The van der Waals surface area contributed by atoms with E-state index in [4.69, 9.17) is 0 Å². The fourth-order valence-corrected chi connectivity index (χ4v) is 3.06. The molecule has 0 spiro atoms. The third-order valence-electron chi connectivity index (χ3n) is 4.94. The molecule has 6 nitrogen and oxygen atoms in total. The summed E-state index contributed by atoms with van der Waals surface area (Å²) in [6.07, 6.45) is 1.06. The van der Waals surface area contributed by atoms with Gasteiger partial charge in [-0.05, 0) is 18.1 Å². The lowest BCUT2D eigenvalue weighted by atomic mass is 9.99. The van der Waals surface area contributed by atoms with Crippen LogP contribution < -0.4 is 10.2 Å².